The van der Waals surface area contributed by atoms with E-state index >= 15 is 0 Å². The van der Waals surface area contributed by atoms with E-state index in [1.54, 1.807) is 9.80 Å². The Kier molecular flexibility index (Phi) is 5.33. The molecule has 1 aliphatic heterocycles. The van der Waals surface area contributed by atoms with Gasteiger partial charge in [0.15, 0.2) is 0 Å². The van der Waals surface area contributed by atoms with Gasteiger partial charge < -0.3 is 9.80 Å². The second-order valence-corrected chi connectivity index (χ2v) is 7.03. The van der Waals surface area contributed by atoms with Crippen molar-refractivity contribution in [3.05, 3.63) is 57.7 Å². The van der Waals surface area contributed by atoms with Gasteiger partial charge in [0.25, 0.3) is 5.91 Å². The number of piperazine rings is 1. The number of nitrogens with zero attached hydrogens (tertiary/aromatic N) is 3. The van der Waals surface area contributed by atoms with Crippen molar-refractivity contribution in [2.75, 3.05) is 31.1 Å². The zero-order chi connectivity index (χ0) is 19.8. The third-order valence-corrected chi connectivity index (χ3v) is 4.92. The first-order chi connectivity index (χ1) is 12.7. The van der Waals surface area contributed by atoms with Crippen molar-refractivity contribution in [1.29, 1.82) is 0 Å². The number of rotatable bonds is 2. The molecule has 1 aromatic carbocycles. The summed E-state index contributed by atoms with van der Waals surface area (Å²) in [6.07, 6.45) is -3.69. The Morgan fingerprint density at radius 1 is 1.11 bits per heavy atom. The Bertz CT molecular complexity index is 862. The minimum Gasteiger partial charge on any atom is -0.352 e. The molecule has 1 aliphatic rings. The van der Waals surface area contributed by atoms with Gasteiger partial charge in [-0.05, 0) is 31.5 Å². The van der Waals surface area contributed by atoms with Crippen LogP contribution in [0.5, 0.6) is 0 Å². The average molecular weight is 398 g/mol. The lowest BCUT2D eigenvalue weighted by molar-refractivity contribution is -0.137. The summed E-state index contributed by atoms with van der Waals surface area (Å²) >= 11 is 6.02. The molecule has 0 atom stereocenters. The zero-order valence-electron chi connectivity index (χ0n) is 15.0. The van der Waals surface area contributed by atoms with Crippen LogP contribution in [0.1, 0.15) is 27.0 Å². The van der Waals surface area contributed by atoms with Gasteiger partial charge in [-0.1, -0.05) is 29.3 Å². The van der Waals surface area contributed by atoms with Crippen molar-refractivity contribution < 1.29 is 18.0 Å². The van der Waals surface area contributed by atoms with Crippen LogP contribution in [-0.4, -0.2) is 42.0 Å². The fraction of sp³-hybridized carbons (Fsp3) is 0.368. The Morgan fingerprint density at radius 3 is 2.37 bits per heavy atom. The van der Waals surface area contributed by atoms with Crippen LogP contribution in [0, 0.1) is 13.8 Å². The number of halogens is 4. The van der Waals surface area contributed by atoms with E-state index in [4.69, 9.17) is 11.6 Å². The number of aryl methyl sites for hydroxylation is 2. The number of benzene rings is 1. The summed E-state index contributed by atoms with van der Waals surface area (Å²) in [5.74, 6) is 0.269. The maximum absolute atomic E-state index is 12.8. The topological polar surface area (TPSA) is 36.4 Å². The molecule has 144 valence electrons. The Labute approximate surface area is 160 Å². The minimum absolute atomic E-state index is 0.0395. The Hall–Kier alpha value is -2.28. The van der Waals surface area contributed by atoms with Crippen molar-refractivity contribution in [2.24, 2.45) is 0 Å². The fourth-order valence-electron chi connectivity index (χ4n) is 3.08. The van der Waals surface area contributed by atoms with E-state index in [2.05, 4.69) is 4.98 Å². The van der Waals surface area contributed by atoms with Gasteiger partial charge in [-0.3, -0.25) is 4.79 Å². The predicted molar refractivity (Wildman–Crippen MR) is 98.3 cm³/mol. The molecule has 3 rings (SSSR count). The highest BCUT2D eigenvalue weighted by Crippen LogP contribution is 2.33. The van der Waals surface area contributed by atoms with Crippen molar-refractivity contribution >= 4 is 23.3 Å². The molecule has 2 heterocycles. The Balaban J connectivity index is 1.70. The highest BCUT2D eigenvalue weighted by molar-refractivity contribution is 6.33. The lowest BCUT2D eigenvalue weighted by Crippen LogP contribution is -2.49. The number of carbonyl (C=O) groups is 1. The van der Waals surface area contributed by atoms with Gasteiger partial charge in [0.1, 0.15) is 5.82 Å². The van der Waals surface area contributed by atoms with Crippen LogP contribution in [-0.2, 0) is 6.18 Å². The summed E-state index contributed by atoms with van der Waals surface area (Å²) in [6, 6.07) is 6.64. The molecule has 4 nitrogen and oxygen atoms in total. The summed E-state index contributed by atoms with van der Waals surface area (Å²) in [5.41, 5.74) is 1.73. The molecule has 0 saturated carbocycles. The lowest BCUT2D eigenvalue weighted by atomic mass is 10.0. The van der Waals surface area contributed by atoms with Gasteiger partial charge in [-0.15, -0.1) is 0 Å². The number of amides is 1. The second-order valence-electron chi connectivity index (χ2n) is 6.62. The first-order valence-corrected chi connectivity index (χ1v) is 8.89. The maximum atomic E-state index is 12.8. The quantitative estimate of drug-likeness (QED) is 0.756. The highest BCUT2D eigenvalue weighted by atomic mass is 35.5. The van der Waals surface area contributed by atoms with Crippen LogP contribution in [0.4, 0.5) is 19.0 Å². The number of alkyl halides is 3. The van der Waals surface area contributed by atoms with Crippen LogP contribution < -0.4 is 4.90 Å². The van der Waals surface area contributed by atoms with Gasteiger partial charge in [-0.2, -0.15) is 13.2 Å². The summed E-state index contributed by atoms with van der Waals surface area (Å²) in [5, 5.41) is -0.0425. The molecule has 0 unspecified atom stereocenters. The van der Waals surface area contributed by atoms with E-state index < -0.39 is 11.7 Å². The third-order valence-electron chi connectivity index (χ3n) is 4.64. The SMILES string of the molecule is Cc1ccc(C)c(C(=O)N2CCN(c3ncc(C(F)(F)F)cc3Cl)CC2)c1. The molecule has 1 saturated heterocycles. The van der Waals surface area contributed by atoms with Crippen molar-refractivity contribution in [3.63, 3.8) is 0 Å². The van der Waals surface area contributed by atoms with E-state index in [0.717, 1.165) is 23.4 Å². The van der Waals surface area contributed by atoms with Crippen molar-refractivity contribution in [3.8, 4) is 0 Å². The molecule has 27 heavy (non-hydrogen) atoms. The molecule has 2 aromatic rings. The van der Waals surface area contributed by atoms with Crippen LogP contribution in [0.3, 0.4) is 0 Å². The van der Waals surface area contributed by atoms with Crippen molar-refractivity contribution in [1.82, 2.24) is 9.88 Å². The monoisotopic (exact) mass is 397 g/mol. The smallest absolute Gasteiger partial charge is 0.352 e. The predicted octanol–water partition coefficient (Wildman–Crippen LogP) is 4.33. The lowest BCUT2D eigenvalue weighted by Gasteiger charge is -2.36. The van der Waals surface area contributed by atoms with Gasteiger partial charge >= 0.3 is 6.18 Å². The van der Waals surface area contributed by atoms with Gasteiger partial charge in [0, 0.05) is 37.9 Å². The Morgan fingerprint density at radius 2 is 1.78 bits per heavy atom. The maximum Gasteiger partial charge on any atom is 0.417 e. The molecule has 0 spiro atoms. The first kappa shape index (κ1) is 19.5. The highest BCUT2D eigenvalue weighted by Gasteiger charge is 2.32. The zero-order valence-corrected chi connectivity index (χ0v) is 15.7. The molecule has 8 heteroatoms. The number of anilines is 1. The first-order valence-electron chi connectivity index (χ1n) is 8.51. The van der Waals surface area contributed by atoms with Gasteiger partial charge in [0.2, 0.25) is 0 Å². The number of hydrogen-bond acceptors (Lipinski definition) is 3. The standard InChI is InChI=1S/C19H19ClF3N3O/c1-12-3-4-13(2)15(9-12)18(27)26-7-5-25(6-8-26)17-16(20)10-14(11-24-17)19(21,22)23/h3-4,9-11H,5-8H2,1-2H3. The second kappa shape index (κ2) is 7.38. The molecule has 1 amide bonds. The summed E-state index contributed by atoms with van der Waals surface area (Å²) in [7, 11) is 0. The normalized spacial score (nSPS) is 15.2. The van der Waals surface area contributed by atoms with Crippen LogP contribution in [0.15, 0.2) is 30.5 Å². The molecule has 0 radical (unpaired) electrons. The summed E-state index contributed by atoms with van der Waals surface area (Å²) in [6.45, 7) is 5.64. The van der Waals surface area contributed by atoms with E-state index in [1.165, 1.54) is 0 Å². The fourth-order valence-corrected chi connectivity index (χ4v) is 3.36. The van der Waals surface area contributed by atoms with Crippen LogP contribution >= 0.6 is 11.6 Å². The molecular weight excluding hydrogens is 379 g/mol. The van der Waals surface area contributed by atoms with Crippen LogP contribution in [0.25, 0.3) is 0 Å². The van der Waals surface area contributed by atoms with Crippen LogP contribution in [0.2, 0.25) is 5.02 Å². The van der Waals surface area contributed by atoms with Gasteiger partial charge in [-0.25, -0.2) is 4.98 Å². The van der Waals surface area contributed by atoms with E-state index in [9.17, 15) is 18.0 Å². The number of aromatic nitrogens is 1. The largest absolute Gasteiger partial charge is 0.417 e. The van der Waals surface area contributed by atoms with E-state index in [0.29, 0.717) is 37.6 Å². The molecule has 1 aromatic heterocycles. The van der Waals surface area contributed by atoms with E-state index in [1.807, 2.05) is 32.0 Å². The number of pyridine rings is 1. The molecule has 1 fully saturated rings. The van der Waals surface area contributed by atoms with Crippen molar-refractivity contribution in [2.45, 2.75) is 20.0 Å². The molecular formula is C19H19ClF3N3O. The molecule has 0 N–H and O–H groups in total. The molecule has 0 aliphatic carbocycles. The summed E-state index contributed by atoms with van der Waals surface area (Å²) < 4.78 is 38.2. The summed E-state index contributed by atoms with van der Waals surface area (Å²) in [4.78, 5) is 20.2. The molecule has 0 bridgehead atoms. The number of carbonyl (C=O) groups excluding carboxylic acids is 1. The van der Waals surface area contributed by atoms with E-state index in [-0.39, 0.29) is 10.9 Å². The minimum atomic E-state index is -4.48. The average Bonchev–Trinajstić information content (AvgIpc) is 2.62. The number of hydrogen-bond donors (Lipinski definition) is 0. The third kappa shape index (κ3) is 4.18. The van der Waals surface area contributed by atoms with Gasteiger partial charge in [0.05, 0.1) is 10.6 Å².